The number of hydrogen-bond acceptors (Lipinski definition) is 2. The average molecular weight is 195 g/mol. The standard InChI is InChI=1S/C10H10FNS/c11-10-5-8(12)1-2-9(10)7-3-4-13-6-7/h1-5,7H,6,12H2. The first-order valence-corrected chi connectivity index (χ1v) is 5.15. The zero-order valence-corrected chi connectivity index (χ0v) is 7.85. The molecule has 1 aliphatic heterocycles. The molecule has 13 heavy (non-hydrogen) atoms. The molecular weight excluding hydrogens is 185 g/mol. The summed E-state index contributed by atoms with van der Waals surface area (Å²) in [7, 11) is 0. The normalized spacial score (nSPS) is 20.8. The number of halogens is 1. The molecule has 2 N–H and O–H groups in total. The Morgan fingerprint density at radius 3 is 2.92 bits per heavy atom. The van der Waals surface area contributed by atoms with Crippen LogP contribution in [0.4, 0.5) is 10.1 Å². The zero-order chi connectivity index (χ0) is 9.26. The van der Waals surface area contributed by atoms with Gasteiger partial charge in [0.05, 0.1) is 0 Å². The van der Waals surface area contributed by atoms with Gasteiger partial charge in [-0.25, -0.2) is 4.39 Å². The van der Waals surface area contributed by atoms with Crippen LogP contribution >= 0.6 is 11.8 Å². The molecule has 0 aliphatic carbocycles. The molecule has 1 unspecified atom stereocenters. The highest BCUT2D eigenvalue weighted by Gasteiger charge is 2.15. The van der Waals surface area contributed by atoms with E-state index in [1.807, 2.05) is 11.5 Å². The second kappa shape index (κ2) is 3.42. The van der Waals surface area contributed by atoms with Gasteiger partial charge in [-0.15, -0.1) is 11.8 Å². The summed E-state index contributed by atoms with van der Waals surface area (Å²) in [5, 5.41) is 2.01. The Balaban J connectivity index is 2.34. The summed E-state index contributed by atoms with van der Waals surface area (Å²) in [6.45, 7) is 0. The van der Waals surface area contributed by atoms with Crippen LogP contribution in [0.3, 0.4) is 0 Å². The number of nitrogens with two attached hydrogens (primary N) is 1. The predicted octanol–water partition coefficient (Wildman–Crippen LogP) is 2.75. The largest absolute Gasteiger partial charge is 0.399 e. The van der Waals surface area contributed by atoms with Gasteiger partial charge in [-0.2, -0.15) is 0 Å². The van der Waals surface area contributed by atoms with Crippen LogP contribution in [0.15, 0.2) is 29.7 Å². The number of hydrogen-bond donors (Lipinski definition) is 1. The van der Waals surface area contributed by atoms with Crippen LogP contribution in [-0.2, 0) is 0 Å². The molecule has 0 saturated carbocycles. The summed E-state index contributed by atoms with van der Waals surface area (Å²) < 4.78 is 13.4. The maximum absolute atomic E-state index is 13.4. The van der Waals surface area contributed by atoms with Crippen molar-refractivity contribution in [2.45, 2.75) is 5.92 Å². The third-order valence-corrected chi connectivity index (χ3v) is 3.01. The van der Waals surface area contributed by atoms with Gasteiger partial charge in [-0.1, -0.05) is 12.1 Å². The SMILES string of the molecule is Nc1ccc(C2C=CSC2)c(F)c1. The van der Waals surface area contributed by atoms with E-state index in [0.717, 1.165) is 11.3 Å². The van der Waals surface area contributed by atoms with E-state index in [1.165, 1.54) is 6.07 Å². The lowest BCUT2D eigenvalue weighted by Crippen LogP contribution is -1.99. The summed E-state index contributed by atoms with van der Waals surface area (Å²) in [4.78, 5) is 0. The van der Waals surface area contributed by atoms with Crippen molar-refractivity contribution in [1.29, 1.82) is 0 Å². The van der Waals surface area contributed by atoms with Crippen molar-refractivity contribution in [3.63, 3.8) is 0 Å². The Hall–Kier alpha value is -0.960. The van der Waals surface area contributed by atoms with Gasteiger partial charge in [-0.3, -0.25) is 0 Å². The highest BCUT2D eigenvalue weighted by Crippen LogP contribution is 2.31. The van der Waals surface area contributed by atoms with Gasteiger partial charge in [0.1, 0.15) is 5.82 Å². The molecule has 1 aromatic carbocycles. The van der Waals surface area contributed by atoms with Crippen molar-refractivity contribution in [3.8, 4) is 0 Å². The lowest BCUT2D eigenvalue weighted by atomic mass is 10.0. The van der Waals surface area contributed by atoms with Crippen LogP contribution in [0, 0.1) is 5.82 Å². The Morgan fingerprint density at radius 1 is 1.46 bits per heavy atom. The van der Waals surface area contributed by atoms with Gasteiger partial charge >= 0.3 is 0 Å². The van der Waals surface area contributed by atoms with Gasteiger partial charge in [0.15, 0.2) is 0 Å². The highest BCUT2D eigenvalue weighted by atomic mass is 32.2. The molecule has 0 fully saturated rings. The van der Waals surface area contributed by atoms with E-state index < -0.39 is 0 Å². The molecule has 0 bridgehead atoms. The van der Waals surface area contributed by atoms with Crippen molar-refractivity contribution in [3.05, 3.63) is 41.1 Å². The first kappa shape index (κ1) is 8.63. The summed E-state index contributed by atoms with van der Waals surface area (Å²) in [5.74, 6) is 0.948. The summed E-state index contributed by atoms with van der Waals surface area (Å²) in [6.07, 6.45) is 2.03. The van der Waals surface area contributed by atoms with Crippen LogP contribution in [0.5, 0.6) is 0 Å². The Labute approximate surface area is 80.8 Å². The molecule has 1 atom stereocenters. The predicted molar refractivity (Wildman–Crippen MR) is 55.2 cm³/mol. The van der Waals surface area contributed by atoms with E-state index in [-0.39, 0.29) is 11.7 Å². The van der Waals surface area contributed by atoms with Crippen molar-refractivity contribution < 1.29 is 4.39 Å². The van der Waals surface area contributed by atoms with E-state index in [2.05, 4.69) is 0 Å². The number of anilines is 1. The third kappa shape index (κ3) is 1.70. The number of rotatable bonds is 1. The van der Waals surface area contributed by atoms with Crippen LogP contribution < -0.4 is 5.73 Å². The molecule has 1 heterocycles. The maximum atomic E-state index is 13.4. The lowest BCUT2D eigenvalue weighted by Gasteiger charge is -2.08. The van der Waals surface area contributed by atoms with E-state index >= 15 is 0 Å². The van der Waals surface area contributed by atoms with Crippen LogP contribution in [0.25, 0.3) is 0 Å². The Bertz CT molecular complexity index is 349. The monoisotopic (exact) mass is 195 g/mol. The maximum Gasteiger partial charge on any atom is 0.129 e. The van der Waals surface area contributed by atoms with E-state index in [0.29, 0.717) is 5.69 Å². The van der Waals surface area contributed by atoms with E-state index in [4.69, 9.17) is 5.73 Å². The molecule has 0 amide bonds. The van der Waals surface area contributed by atoms with Gasteiger partial charge in [0.2, 0.25) is 0 Å². The number of allylic oxidation sites excluding steroid dienone is 1. The fraction of sp³-hybridized carbons (Fsp3) is 0.200. The molecule has 0 radical (unpaired) electrons. The molecule has 0 aromatic heterocycles. The molecule has 1 aliphatic rings. The van der Waals surface area contributed by atoms with Crippen LogP contribution in [-0.4, -0.2) is 5.75 Å². The first-order chi connectivity index (χ1) is 6.27. The van der Waals surface area contributed by atoms with Gasteiger partial charge in [-0.05, 0) is 23.1 Å². The van der Waals surface area contributed by atoms with Gasteiger partial charge < -0.3 is 5.73 Å². The highest BCUT2D eigenvalue weighted by molar-refractivity contribution is 8.02. The summed E-state index contributed by atoms with van der Waals surface area (Å²) >= 11 is 1.71. The summed E-state index contributed by atoms with van der Waals surface area (Å²) in [6, 6.07) is 4.90. The quantitative estimate of drug-likeness (QED) is 0.697. The molecule has 68 valence electrons. The van der Waals surface area contributed by atoms with E-state index in [9.17, 15) is 4.39 Å². The number of thioether (sulfide) groups is 1. The van der Waals surface area contributed by atoms with Crippen molar-refractivity contribution in [2.75, 3.05) is 11.5 Å². The lowest BCUT2D eigenvalue weighted by molar-refractivity contribution is 0.607. The van der Waals surface area contributed by atoms with Crippen molar-refractivity contribution >= 4 is 17.4 Å². The second-order valence-corrected chi connectivity index (χ2v) is 3.99. The topological polar surface area (TPSA) is 26.0 Å². The molecular formula is C10H10FNS. The van der Waals surface area contributed by atoms with Gasteiger partial charge in [0, 0.05) is 17.4 Å². The van der Waals surface area contributed by atoms with E-state index in [1.54, 1.807) is 23.9 Å². The van der Waals surface area contributed by atoms with Crippen LogP contribution in [0.2, 0.25) is 0 Å². The number of benzene rings is 1. The molecule has 0 spiro atoms. The summed E-state index contributed by atoms with van der Waals surface area (Å²) in [5.41, 5.74) is 6.69. The third-order valence-electron chi connectivity index (χ3n) is 2.11. The van der Waals surface area contributed by atoms with Gasteiger partial charge in [0.25, 0.3) is 0 Å². The minimum atomic E-state index is -0.197. The minimum Gasteiger partial charge on any atom is -0.399 e. The van der Waals surface area contributed by atoms with Crippen molar-refractivity contribution in [2.24, 2.45) is 0 Å². The fourth-order valence-electron chi connectivity index (χ4n) is 1.40. The molecule has 2 rings (SSSR count). The molecule has 1 nitrogen and oxygen atoms in total. The Kier molecular flexibility index (Phi) is 2.27. The molecule has 3 heteroatoms. The second-order valence-electron chi connectivity index (χ2n) is 3.05. The molecule has 0 saturated heterocycles. The smallest absolute Gasteiger partial charge is 0.129 e. The molecule has 1 aromatic rings. The average Bonchev–Trinajstić information content (AvgIpc) is 2.56. The Morgan fingerprint density at radius 2 is 2.31 bits per heavy atom. The zero-order valence-electron chi connectivity index (χ0n) is 7.03. The van der Waals surface area contributed by atoms with Crippen molar-refractivity contribution in [1.82, 2.24) is 0 Å². The van der Waals surface area contributed by atoms with Crippen LogP contribution in [0.1, 0.15) is 11.5 Å². The fourth-order valence-corrected chi connectivity index (χ4v) is 2.31. The minimum absolute atomic E-state index is 0.197. The first-order valence-electron chi connectivity index (χ1n) is 4.10. The number of nitrogen functional groups attached to an aromatic ring is 1.